The third-order valence-electron chi connectivity index (χ3n) is 4.08. The van der Waals surface area contributed by atoms with Crippen LogP contribution < -0.4 is 10.9 Å². The largest absolute Gasteiger partial charge is 0.481 e. The van der Waals surface area contributed by atoms with E-state index in [2.05, 4.69) is 10.3 Å². The number of rotatable bonds is 6. The van der Waals surface area contributed by atoms with Crippen LogP contribution in [0, 0.1) is 5.92 Å². The number of hydrogen-bond acceptors (Lipinski definition) is 3. The van der Waals surface area contributed by atoms with Gasteiger partial charge in [0.1, 0.15) is 5.56 Å². The maximum absolute atomic E-state index is 12.2. The summed E-state index contributed by atoms with van der Waals surface area (Å²) in [5.74, 6) is -2.05. The summed E-state index contributed by atoms with van der Waals surface area (Å²) < 4.78 is 0. The van der Waals surface area contributed by atoms with Gasteiger partial charge >= 0.3 is 5.97 Å². The molecule has 0 saturated heterocycles. The number of pyridine rings is 1. The van der Waals surface area contributed by atoms with Crippen molar-refractivity contribution in [2.45, 2.75) is 45.4 Å². The van der Waals surface area contributed by atoms with Gasteiger partial charge in [-0.1, -0.05) is 13.3 Å². The van der Waals surface area contributed by atoms with E-state index in [0.717, 1.165) is 43.4 Å². The molecular weight excluding hydrogens is 284 g/mol. The summed E-state index contributed by atoms with van der Waals surface area (Å²) >= 11 is 0. The summed E-state index contributed by atoms with van der Waals surface area (Å²) in [6.07, 6.45) is 5.02. The molecule has 0 saturated carbocycles. The molecule has 1 amide bonds. The maximum atomic E-state index is 12.2. The van der Waals surface area contributed by atoms with Gasteiger partial charge in [-0.15, -0.1) is 0 Å². The zero-order chi connectivity index (χ0) is 16.1. The number of carboxylic acids is 1. The first-order chi connectivity index (χ1) is 10.5. The van der Waals surface area contributed by atoms with Crippen molar-refractivity contribution < 1.29 is 14.7 Å². The Kier molecular flexibility index (Phi) is 5.35. The smallest absolute Gasteiger partial charge is 0.308 e. The van der Waals surface area contributed by atoms with Crippen molar-refractivity contribution >= 4 is 11.9 Å². The predicted octanol–water partition coefficient (Wildman–Crippen LogP) is 1.48. The number of nitrogens with one attached hydrogen (secondary N) is 2. The highest BCUT2D eigenvalue weighted by Gasteiger charge is 2.20. The Labute approximate surface area is 128 Å². The first-order valence-corrected chi connectivity index (χ1v) is 7.79. The molecule has 0 radical (unpaired) electrons. The molecule has 1 aliphatic rings. The van der Waals surface area contributed by atoms with E-state index in [0.29, 0.717) is 6.42 Å². The molecule has 22 heavy (non-hydrogen) atoms. The fourth-order valence-corrected chi connectivity index (χ4v) is 2.82. The van der Waals surface area contributed by atoms with Crippen molar-refractivity contribution in [3.05, 3.63) is 33.2 Å². The lowest BCUT2D eigenvalue weighted by Gasteiger charge is -2.16. The quantitative estimate of drug-likeness (QED) is 0.741. The third-order valence-corrected chi connectivity index (χ3v) is 4.08. The fraction of sp³-hybridized carbons (Fsp3) is 0.562. The number of aromatic amines is 1. The van der Waals surface area contributed by atoms with Crippen LogP contribution in [-0.2, 0) is 17.6 Å². The number of aliphatic carboxylic acids is 1. The van der Waals surface area contributed by atoms with Crippen molar-refractivity contribution in [1.29, 1.82) is 0 Å². The number of H-pyrrole nitrogens is 1. The molecule has 1 aromatic heterocycles. The summed E-state index contributed by atoms with van der Waals surface area (Å²) in [6, 6.07) is 1.65. The minimum atomic E-state index is -0.929. The first-order valence-electron chi connectivity index (χ1n) is 7.79. The zero-order valence-corrected chi connectivity index (χ0v) is 12.8. The van der Waals surface area contributed by atoms with Crippen LogP contribution in [0.25, 0.3) is 0 Å². The SMILES string of the molecule is CCCC(CNC(=O)c1cc2c([nH]c1=O)CCCC2)C(=O)O. The molecule has 0 fully saturated rings. The highest BCUT2D eigenvalue weighted by Crippen LogP contribution is 2.18. The molecule has 1 unspecified atom stereocenters. The zero-order valence-electron chi connectivity index (χ0n) is 12.8. The van der Waals surface area contributed by atoms with Crippen LogP contribution in [0.4, 0.5) is 0 Å². The van der Waals surface area contributed by atoms with E-state index in [1.165, 1.54) is 0 Å². The highest BCUT2D eigenvalue weighted by atomic mass is 16.4. The fourth-order valence-electron chi connectivity index (χ4n) is 2.82. The van der Waals surface area contributed by atoms with Gasteiger partial charge < -0.3 is 15.4 Å². The van der Waals surface area contributed by atoms with Gasteiger partial charge in [0.05, 0.1) is 5.92 Å². The highest BCUT2D eigenvalue weighted by molar-refractivity contribution is 5.94. The van der Waals surface area contributed by atoms with Crippen LogP contribution in [0.15, 0.2) is 10.9 Å². The molecule has 0 aliphatic heterocycles. The van der Waals surface area contributed by atoms with Gasteiger partial charge in [-0.25, -0.2) is 0 Å². The maximum Gasteiger partial charge on any atom is 0.308 e. The van der Waals surface area contributed by atoms with Crippen LogP contribution in [0.3, 0.4) is 0 Å². The minimum Gasteiger partial charge on any atom is -0.481 e. The van der Waals surface area contributed by atoms with Gasteiger partial charge in [-0.3, -0.25) is 14.4 Å². The van der Waals surface area contributed by atoms with E-state index in [4.69, 9.17) is 5.11 Å². The van der Waals surface area contributed by atoms with Crippen molar-refractivity contribution in [3.8, 4) is 0 Å². The molecule has 3 N–H and O–H groups in total. The second-order valence-corrected chi connectivity index (χ2v) is 5.76. The van der Waals surface area contributed by atoms with Crippen LogP contribution in [0.1, 0.15) is 54.2 Å². The van der Waals surface area contributed by atoms with Crippen LogP contribution >= 0.6 is 0 Å². The van der Waals surface area contributed by atoms with Crippen LogP contribution in [0.2, 0.25) is 0 Å². The van der Waals surface area contributed by atoms with E-state index in [1.807, 2.05) is 6.92 Å². The Balaban J connectivity index is 2.09. The topological polar surface area (TPSA) is 99.3 Å². The lowest BCUT2D eigenvalue weighted by atomic mass is 9.95. The van der Waals surface area contributed by atoms with Gasteiger partial charge in [0.15, 0.2) is 0 Å². The van der Waals surface area contributed by atoms with Crippen LogP contribution in [-0.4, -0.2) is 28.5 Å². The van der Waals surface area contributed by atoms with Crippen molar-refractivity contribution in [2.24, 2.45) is 5.92 Å². The summed E-state index contributed by atoms with van der Waals surface area (Å²) in [6.45, 7) is 1.94. The Bertz CT molecular complexity index is 621. The Hall–Kier alpha value is -2.11. The molecule has 0 aromatic carbocycles. The Morgan fingerprint density at radius 3 is 2.77 bits per heavy atom. The van der Waals surface area contributed by atoms with Crippen molar-refractivity contribution in [3.63, 3.8) is 0 Å². The molecule has 6 heteroatoms. The van der Waals surface area contributed by atoms with Crippen molar-refractivity contribution in [2.75, 3.05) is 6.54 Å². The molecular formula is C16H22N2O4. The molecule has 1 aliphatic carbocycles. The van der Waals surface area contributed by atoms with Gasteiger partial charge in [-0.05, 0) is 43.7 Å². The van der Waals surface area contributed by atoms with E-state index >= 15 is 0 Å². The summed E-state index contributed by atoms with van der Waals surface area (Å²) in [5.41, 5.74) is 1.60. The first kappa shape index (κ1) is 16.3. The average Bonchev–Trinajstić information content (AvgIpc) is 2.50. The molecule has 1 aromatic rings. The minimum absolute atomic E-state index is 0.0402. The number of aromatic nitrogens is 1. The lowest BCUT2D eigenvalue weighted by Crippen LogP contribution is -2.36. The second kappa shape index (κ2) is 7.24. The van der Waals surface area contributed by atoms with Gasteiger partial charge in [0.2, 0.25) is 0 Å². The summed E-state index contributed by atoms with van der Waals surface area (Å²) in [4.78, 5) is 38.0. The number of hydrogen-bond donors (Lipinski definition) is 3. The molecule has 1 heterocycles. The molecule has 1 atom stereocenters. The second-order valence-electron chi connectivity index (χ2n) is 5.76. The third kappa shape index (κ3) is 3.75. The van der Waals surface area contributed by atoms with Gasteiger partial charge in [0.25, 0.3) is 11.5 Å². The lowest BCUT2D eigenvalue weighted by molar-refractivity contribution is -0.141. The number of carbonyl (C=O) groups is 2. The Morgan fingerprint density at radius 1 is 1.36 bits per heavy atom. The van der Waals surface area contributed by atoms with E-state index in [9.17, 15) is 14.4 Å². The summed E-state index contributed by atoms with van der Waals surface area (Å²) in [5, 5.41) is 11.7. The predicted molar refractivity (Wildman–Crippen MR) is 82.1 cm³/mol. The van der Waals surface area contributed by atoms with Gasteiger partial charge in [0, 0.05) is 12.2 Å². The average molecular weight is 306 g/mol. The number of fused-ring (bicyclic) bond motifs is 1. The van der Waals surface area contributed by atoms with E-state index in [-0.39, 0.29) is 12.1 Å². The standard InChI is InChI=1S/C16H22N2O4/c1-2-5-11(16(21)22)9-17-14(19)12-8-10-6-3-4-7-13(10)18-15(12)20/h8,11H,2-7,9H2,1H3,(H,17,19)(H,18,20)(H,21,22). The normalized spacial score (nSPS) is 15.0. The van der Waals surface area contributed by atoms with E-state index in [1.54, 1.807) is 6.07 Å². The van der Waals surface area contributed by atoms with E-state index < -0.39 is 23.4 Å². The number of aryl methyl sites for hydroxylation is 2. The molecule has 120 valence electrons. The Morgan fingerprint density at radius 2 is 2.09 bits per heavy atom. The number of amides is 1. The summed E-state index contributed by atoms with van der Waals surface area (Å²) in [7, 11) is 0. The molecule has 6 nitrogen and oxygen atoms in total. The number of carbonyl (C=O) groups excluding carboxylic acids is 1. The molecule has 0 spiro atoms. The van der Waals surface area contributed by atoms with Gasteiger partial charge in [-0.2, -0.15) is 0 Å². The monoisotopic (exact) mass is 306 g/mol. The van der Waals surface area contributed by atoms with Crippen LogP contribution in [0.5, 0.6) is 0 Å². The molecule has 2 rings (SSSR count). The van der Waals surface area contributed by atoms with Crippen molar-refractivity contribution in [1.82, 2.24) is 10.3 Å². The number of carboxylic acid groups (broad SMARTS) is 1. The molecule has 0 bridgehead atoms.